The van der Waals surface area contributed by atoms with Crippen LogP contribution in [0.25, 0.3) is 6.08 Å². The van der Waals surface area contributed by atoms with Crippen LogP contribution in [0.5, 0.6) is 0 Å². The number of carboxylic acid groups (broad SMARTS) is 1. The van der Waals surface area contributed by atoms with Crippen LogP contribution in [0, 0.1) is 0 Å². The first kappa shape index (κ1) is 11.5. The normalized spacial score (nSPS) is 10.3. The van der Waals surface area contributed by atoms with Gasteiger partial charge in [-0.15, -0.1) is 0 Å². The molecule has 0 radical (unpaired) electrons. The van der Waals surface area contributed by atoms with Crippen molar-refractivity contribution in [2.45, 2.75) is 6.54 Å². The van der Waals surface area contributed by atoms with Gasteiger partial charge in [0.25, 0.3) is 0 Å². The van der Waals surface area contributed by atoms with Crippen molar-refractivity contribution in [3.05, 3.63) is 42.0 Å². The molecule has 0 saturated carbocycles. The highest BCUT2D eigenvalue weighted by Crippen LogP contribution is 2.07. The first-order valence-corrected chi connectivity index (χ1v) is 4.73. The summed E-state index contributed by atoms with van der Waals surface area (Å²) in [6.07, 6.45) is 1.78. The molecule has 15 heavy (non-hydrogen) atoms. The van der Waals surface area contributed by atoms with E-state index in [0.29, 0.717) is 6.54 Å². The highest BCUT2D eigenvalue weighted by Gasteiger charge is 2.04. The van der Waals surface area contributed by atoms with Gasteiger partial charge in [-0.3, -0.25) is 9.69 Å². The Labute approximate surface area is 89.6 Å². The first-order chi connectivity index (χ1) is 7.11. The second-order valence-electron chi connectivity index (χ2n) is 3.51. The zero-order valence-electron chi connectivity index (χ0n) is 8.81. The number of hydrogen-bond acceptors (Lipinski definition) is 2. The number of benzene rings is 1. The summed E-state index contributed by atoms with van der Waals surface area (Å²) >= 11 is 0. The summed E-state index contributed by atoms with van der Waals surface area (Å²) in [5, 5.41) is 8.59. The van der Waals surface area contributed by atoms with Crippen LogP contribution in [0.15, 0.2) is 30.8 Å². The molecule has 0 aliphatic heterocycles. The predicted octanol–water partition coefficient (Wildman–Crippen LogP) is 1.85. The van der Waals surface area contributed by atoms with Crippen LogP contribution in [0.4, 0.5) is 0 Å². The molecule has 0 amide bonds. The lowest BCUT2D eigenvalue weighted by atomic mass is 10.1. The van der Waals surface area contributed by atoms with Crippen molar-refractivity contribution in [2.75, 3.05) is 13.6 Å². The van der Waals surface area contributed by atoms with Crippen molar-refractivity contribution < 1.29 is 9.90 Å². The second kappa shape index (κ2) is 5.32. The molecule has 1 aromatic rings. The van der Waals surface area contributed by atoms with E-state index in [2.05, 4.69) is 6.58 Å². The van der Waals surface area contributed by atoms with E-state index in [-0.39, 0.29) is 6.54 Å². The number of carbonyl (C=O) groups is 1. The fourth-order valence-corrected chi connectivity index (χ4v) is 1.36. The van der Waals surface area contributed by atoms with Crippen molar-refractivity contribution >= 4 is 12.0 Å². The molecule has 0 spiro atoms. The smallest absolute Gasteiger partial charge is 0.317 e. The van der Waals surface area contributed by atoms with Gasteiger partial charge in [0.05, 0.1) is 6.54 Å². The minimum Gasteiger partial charge on any atom is -0.480 e. The summed E-state index contributed by atoms with van der Waals surface area (Å²) in [6.45, 7) is 4.37. The summed E-state index contributed by atoms with van der Waals surface area (Å²) in [7, 11) is 1.79. The van der Waals surface area contributed by atoms with Gasteiger partial charge in [-0.25, -0.2) is 0 Å². The number of nitrogens with zero attached hydrogens (tertiary/aromatic N) is 1. The lowest BCUT2D eigenvalue weighted by Crippen LogP contribution is -2.25. The summed E-state index contributed by atoms with van der Waals surface area (Å²) in [4.78, 5) is 12.2. The fourth-order valence-electron chi connectivity index (χ4n) is 1.36. The SMILES string of the molecule is C=Cc1ccc(CN(C)CC(=O)O)cc1. The van der Waals surface area contributed by atoms with E-state index in [4.69, 9.17) is 5.11 Å². The number of aliphatic carboxylic acids is 1. The van der Waals surface area contributed by atoms with Crippen LogP contribution in [0.2, 0.25) is 0 Å². The molecule has 3 heteroatoms. The molecule has 0 unspecified atom stereocenters. The maximum atomic E-state index is 10.4. The van der Waals surface area contributed by atoms with Crippen LogP contribution in [-0.2, 0) is 11.3 Å². The first-order valence-electron chi connectivity index (χ1n) is 4.73. The van der Waals surface area contributed by atoms with Crippen LogP contribution < -0.4 is 0 Å². The quantitative estimate of drug-likeness (QED) is 0.797. The predicted molar refractivity (Wildman–Crippen MR) is 60.5 cm³/mol. The largest absolute Gasteiger partial charge is 0.480 e. The minimum absolute atomic E-state index is 0.0587. The summed E-state index contributed by atoms with van der Waals surface area (Å²) in [5.74, 6) is -0.805. The Hall–Kier alpha value is -1.61. The Balaban J connectivity index is 2.56. The standard InChI is InChI=1S/C12H15NO2/c1-3-10-4-6-11(7-5-10)8-13(2)9-12(14)15/h3-7H,1,8-9H2,2H3,(H,14,15). The molecule has 0 bridgehead atoms. The zero-order valence-corrected chi connectivity index (χ0v) is 8.81. The molecule has 0 heterocycles. The van der Waals surface area contributed by atoms with Gasteiger partial charge in [0.2, 0.25) is 0 Å². The molecular weight excluding hydrogens is 190 g/mol. The van der Waals surface area contributed by atoms with Gasteiger partial charge >= 0.3 is 5.97 Å². The van der Waals surface area contributed by atoms with E-state index in [0.717, 1.165) is 11.1 Å². The number of rotatable bonds is 5. The molecule has 1 aromatic carbocycles. The molecule has 1 rings (SSSR count). The van der Waals surface area contributed by atoms with Crippen molar-refractivity contribution in [3.63, 3.8) is 0 Å². The maximum absolute atomic E-state index is 10.4. The van der Waals surface area contributed by atoms with Gasteiger partial charge < -0.3 is 5.11 Å². The Kier molecular flexibility index (Phi) is 4.06. The molecule has 1 N–H and O–H groups in total. The highest BCUT2D eigenvalue weighted by molar-refractivity contribution is 5.69. The molecule has 0 aromatic heterocycles. The monoisotopic (exact) mass is 205 g/mol. The number of hydrogen-bond donors (Lipinski definition) is 1. The van der Waals surface area contributed by atoms with Gasteiger partial charge in [-0.1, -0.05) is 36.9 Å². The summed E-state index contributed by atoms with van der Waals surface area (Å²) in [6, 6.07) is 7.90. The van der Waals surface area contributed by atoms with Gasteiger partial charge in [0.1, 0.15) is 0 Å². The number of likely N-dealkylation sites (N-methyl/N-ethyl adjacent to an activating group) is 1. The second-order valence-corrected chi connectivity index (χ2v) is 3.51. The lowest BCUT2D eigenvalue weighted by Gasteiger charge is -2.13. The van der Waals surface area contributed by atoms with Crippen molar-refractivity contribution in [3.8, 4) is 0 Å². The van der Waals surface area contributed by atoms with Crippen LogP contribution >= 0.6 is 0 Å². The zero-order chi connectivity index (χ0) is 11.3. The number of carboxylic acids is 1. The third-order valence-electron chi connectivity index (χ3n) is 2.07. The molecule has 80 valence electrons. The average Bonchev–Trinajstić information content (AvgIpc) is 2.17. The van der Waals surface area contributed by atoms with Gasteiger partial charge in [0, 0.05) is 6.54 Å². The van der Waals surface area contributed by atoms with E-state index in [9.17, 15) is 4.79 Å². The minimum atomic E-state index is -0.805. The lowest BCUT2D eigenvalue weighted by molar-refractivity contribution is -0.138. The van der Waals surface area contributed by atoms with Crippen molar-refractivity contribution in [2.24, 2.45) is 0 Å². The molecule has 0 fully saturated rings. The molecular formula is C12H15NO2. The fraction of sp³-hybridized carbons (Fsp3) is 0.250. The van der Waals surface area contributed by atoms with Crippen molar-refractivity contribution in [1.82, 2.24) is 4.90 Å². The van der Waals surface area contributed by atoms with E-state index < -0.39 is 5.97 Å². The van der Waals surface area contributed by atoms with Gasteiger partial charge in [-0.05, 0) is 18.2 Å². The Morgan fingerprint density at radius 2 is 2.07 bits per heavy atom. The third-order valence-corrected chi connectivity index (χ3v) is 2.07. The van der Waals surface area contributed by atoms with Crippen LogP contribution in [0.1, 0.15) is 11.1 Å². The van der Waals surface area contributed by atoms with Crippen LogP contribution in [-0.4, -0.2) is 29.6 Å². The Morgan fingerprint density at radius 1 is 1.47 bits per heavy atom. The van der Waals surface area contributed by atoms with E-state index in [1.54, 1.807) is 18.0 Å². The van der Waals surface area contributed by atoms with E-state index >= 15 is 0 Å². The van der Waals surface area contributed by atoms with Gasteiger partial charge in [0.15, 0.2) is 0 Å². The molecule has 0 aliphatic rings. The maximum Gasteiger partial charge on any atom is 0.317 e. The topological polar surface area (TPSA) is 40.5 Å². The molecule has 0 saturated heterocycles. The third kappa shape index (κ3) is 3.95. The molecule has 3 nitrogen and oxygen atoms in total. The Morgan fingerprint density at radius 3 is 2.53 bits per heavy atom. The summed E-state index contributed by atoms with van der Waals surface area (Å²) < 4.78 is 0. The molecule has 0 atom stereocenters. The summed E-state index contributed by atoms with van der Waals surface area (Å²) in [5.41, 5.74) is 2.17. The van der Waals surface area contributed by atoms with Crippen LogP contribution in [0.3, 0.4) is 0 Å². The average molecular weight is 205 g/mol. The Bertz CT molecular complexity index is 343. The van der Waals surface area contributed by atoms with Gasteiger partial charge in [-0.2, -0.15) is 0 Å². The highest BCUT2D eigenvalue weighted by atomic mass is 16.4. The van der Waals surface area contributed by atoms with E-state index in [1.807, 2.05) is 24.3 Å². The molecule has 0 aliphatic carbocycles. The van der Waals surface area contributed by atoms with Crippen molar-refractivity contribution in [1.29, 1.82) is 0 Å². The van der Waals surface area contributed by atoms with E-state index in [1.165, 1.54) is 0 Å².